The van der Waals surface area contributed by atoms with Crippen LogP contribution in [-0.4, -0.2) is 41.2 Å². The van der Waals surface area contributed by atoms with Crippen molar-refractivity contribution in [3.05, 3.63) is 24.3 Å². The molecular formula is C14H18N2O3. The Hall–Kier alpha value is -1.33. The summed E-state index contributed by atoms with van der Waals surface area (Å²) in [6, 6.07) is 0. The van der Waals surface area contributed by atoms with E-state index in [-0.39, 0.29) is 17.3 Å². The highest BCUT2D eigenvalue weighted by atomic mass is 16.5. The molecule has 0 saturated carbocycles. The molecular weight excluding hydrogens is 244 g/mol. The van der Waals surface area contributed by atoms with Crippen LogP contribution in [0.2, 0.25) is 0 Å². The molecule has 2 saturated heterocycles. The van der Waals surface area contributed by atoms with Crippen LogP contribution >= 0.6 is 0 Å². The van der Waals surface area contributed by atoms with Crippen LogP contribution in [0.4, 0.5) is 0 Å². The molecule has 5 heteroatoms. The average Bonchev–Trinajstić information content (AvgIpc) is 2.48. The van der Waals surface area contributed by atoms with Crippen molar-refractivity contribution in [1.29, 1.82) is 0 Å². The molecule has 1 spiro atoms. The first-order valence-electron chi connectivity index (χ1n) is 6.80. The maximum absolute atomic E-state index is 12.5. The van der Waals surface area contributed by atoms with E-state index in [4.69, 9.17) is 9.47 Å². The predicted molar refractivity (Wildman–Crippen MR) is 67.8 cm³/mol. The Bertz CT molecular complexity index is 438. The van der Waals surface area contributed by atoms with Gasteiger partial charge in [-0.15, -0.1) is 0 Å². The molecule has 19 heavy (non-hydrogen) atoms. The molecule has 0 aliphatic carbocycles. The predicted octanol–water partition coefficient (Wildman–Crippen LogP) is 1.64. The summed E-state index contributed by atoms with van der Waals surface area (Å²) in [5.41, 5.74) is 0.462. The summed E-state index contributed by atoms with van der Waals surface area (Å²) in [7, 11) is 0. The van der Waals surface area contributed by atoms with E-state index in [1.54, 1.807) is 12.4 Å². The van der Waals surface area contributed by atoms with E-state index in [1.165, 1.54) is 6.33 Å². The van der Waals surface area contributed by atoms with E-state index in [1.807, 2.05) is 0 Å². The molecule has 5 nitrogen and oxygen atoms in total. The van der Waals surface area contributed by atoms with Crippen LogP contribution in [0.1, 0.15) is 36.0 Å². The monoisotopic (exact) mass is 262 g/mol. The molecule has 0 bridgehead atoms. The smallest absolute Gasteiger partial charge is 0.169 e. The second-order valence-corrected chi connectivity index (χ2v) is 5.32. The molecule has 1 aromatic heterocycles. The van der Waals surface area contributed by atoms with Crippen LogP contribution in [0, 0.1) is 5.92 Å². The standard InChI is InChI=1S/C14H18N2O3/c17-13(12-8-15-10-16-9-12)11-1-4-19-14(7-11)2-5-18-6-3-14/h8-11H,1-7H2. The van der Waals surface area contributed by atoms with Crippen LogP contribution < -0.4 is 0 Å². The molecule has 2 fully saturated rings. The zero-order valence-electron chi connectivity index (χ0n) is 10.9. The lowest BCUT2D eigenvalue weighted by atomic mass is 9.78. The van der Waals surface area contributed by atoms with E-state index in [2.05, 4.69) is 9.97 Å². The number of ketones is 1. The van der Waals surface area contributed by atoms with Crippen molar-refractivity contribution in [2.75, 3.05) is 19.8 Å². The number of carbonyl (C=O) groups excluding carboxylic acids is 1. The fraction of sp³-hybridized carbons (Fsp3) is 0.643. The molecule has 2 aliphatic heterocycles. The summed E-state index contributed by atoms with van der Waals surface area (Å²) in [6.07, 6.45) is 8.01. The highest BCUT2D eigenvalue weighted by Gasteiger charge is 2.41. The molecule has 0 N–H and O–H groups in total. The maximum Gasteiger partial charge on any atom is 0.169 e. The van der Waals surface area contributed by atoms with Gasteiger partial charge in [-0.2, -0.15) is 0 Å². The number of nitrogens with zero attached hydrogens (tertiary/aromatic N) is 2. The van der Waals surface area contributed by atoms with Crippen LogP contribution in [0.3, 0.4) is 0 Å². The summed E-state index contributed by atoms with van der Waals surface area (Å²) in [4.78, 5) is 20.3. The fourth-order valence-corrected chi connectivity index (χ4v) is 3.01. The van der Waals surface area contributed by atoms with Gasteiger partial charge in [0, 0.05) is 38.1 Å². The minimum Gasteiger partial charge on any atom is -0.381 e. The van der Waals surface area contributed by atoms with Crippen molar-refractivity contribution in [3.8, 4) is 0 Å². The van der Waals surface area contributed by atoms with Gasteiger partial charge in [-0.25, -0.2) is 9.97 Å². The number of rotatable bonds is 2. The van der Waals surface area contributed by atoms with Gasteiger partial charge in [0.25, 0.3) is 0 Å². The maximum atomic E-state index is 12.5. The van der Waals surface area contributed by atoms with Gasteiger partial charge < -0.3 is 9.47 Å². The van der Waals surface area contributed by atoms with Crippen molar-refractivity contribution in [2.24, 2.45) is 5.92 Å². The van der Waals surface area contributed by atoms with Crippen molar-refractivity contribution in [2.45, 2.75) is 31.3 Å². The quantitative estimate of drug-likeness (QED) is 0.758. The van der Waals surface area contributed by atoms with Gasteiger partial charge in [0.05, 0.1) is 11.2 Å². The van der Waals surface area contributed by atoms with Gasteiger partial charge in [-0.05, 0) is 25.7 Å². The third-order valence-electron chi connectivity index (χ3n) is 4.11. The Balaban J connectivity index is 1.73. The van der Waals surface area contributed by atoms with Gasteiger partial charge in [-0.1, -0.05) is 0 Å². The minimum absolute atomic E-state index is 0.0258. The zero-order chi connectivity index (χ0) is 13.1. The van der Waals surface area contributed by atoms with Crippen LogP contribution in [0.15, 0.2) is 18.7 Å². The van der Waals surface area contributed by atoms with Crippen molar-refractivity contribution in [1.82, 2.24) is 9.97 Å². The Morgan fingerprint density at radius 2 is 1.95 bits per heavy atom. The third kappa shape index (κ3) is 2.67. The Labute approximate surface area is 112 Å². The Morgan fingerprint density at radius 3 is 2.68 bits per heavy atom. The normalized spacial score (nSPS) is 26.2. The summed E-state index contributed by atoms with van der Waals surface area (Å²) in [6.45, 7) is 2.12. The largest absolute Gasteiger partial charge is 0.381 e. The molecule has 3 rings (SSSR count). The molecule has 2 aliphatic rings. The van der Waals surface area contributed by atoms with Gasteiger partial charge in [0.2, 0.25) is 0 Å². The topological polar surface area (TPSA) is 61.3 Å². The summed E-state index contributed by atoms with van der Waals surface area (Å²) >= 11 is 0. The van der Waals surface area contributed by atoms with Crippen molar-refractivity contribution in [3.63, 3.8) is 0 Å². The molecule has 1 atom stereocenters. The second-order valence-electron chi connectivity index (χ2n) is 5.32. The number of hydrogen-bond acceptors (Lipinski definition) is 5. The van der Waals surface area contributed by atoms with Gasteiger partial charge in [-0.3, -0.25) is 4.79 Å². The highest BCUT2D eigenvalue weighted by molar-refractivity contribution is 5.97. The van der Waals surface area contributed by atoms with Crippen LogP contribution in [-0.2, 0) is 9.47 Å². The SMILES string of the molecule is O=C(c1cncnc1)C1CCOC2(CCOCC2)C1. The average molecular weight is 262 g/mol. The van der Waals surface area contributed by atoms with Gasteiger partial charge in [0.15, 0.2) is 5.78 Å². The molecule has 1 aromatic rings. The minimum atomic E-state index is -0.146. The molecule has 3 heterocycles. The van der Waals surface area contributed by atoms with Crippen molar-refractivity contribution >= 4 is 5.78 Å². The zero-order valence-corrected chi connectivity index (χ0v) is 10.9. The highest BCUT2D eigenvalue weighted by Crippen LogP contribution is 2.38. The van der Waals surface area contributed by atoms with Gasteiger partial charge in [0.1, 0.15) is 6.33 Å². The number of carbonyl (C=O) groups is 1. The van der Waals surface area contributed by atoms with E-state index in [0.29, 0.717) is 12.2 Å². The number of aromatic nitrogens is 2. The lowest BCUT2D eigenvalue weighted by Crippen LogP contribution is -2.45. The number of Topliss-reactive ketones (excluding diaryl/α,β-unsaturated/α-hetero) is 1. The summed E-state index contributed by atoms with van der Waals surface area (Å²) < 4.78 is 11.4. The third-order valence-corrected chi connectivity index (χ3v) is 4.11. The summed E-state index contributed by atoms with van der Waals surface area (Å²) in [5, 5.41) is 0. The molecule has 0 radical (unpaired) electrons. The Kier molecular flexibility index (Phi) is 3.57. The van der Waals surface area contributed by atoms with Gasteiger partial charge >= 0.3 is 0 Å². The van der Waals surface area contributed by atoms with E-state index < -0.39 is 0 Å². The van der Waals surface area contributed by atoms with Crippen LogP contribution in [0.5, 0.6) is 0 Å². The van der Waals surface area contributed by atoms with Crippen molar-refractivity contribution < 1.29 is 14.3 Å². The first-order valence-corrected chi connectivity index (χ1v) is 6.80. The fourth-order valence-electron chi connectivity index (χ4n) is 3.01. The molecule has 102 valence electrons. The first-order chi connectivity index (χ1) is 9.29. The van der Waals surface area contributed by atoms with Crippen LogP contribution in [0.25, 0.3) is 0 Å². The second kappa shape index (κ2) is 5.35. The molecule has 0 aromatic carbocycles. The summed E-state index contributed by atoms with van der Waals surface area (Å²) in [5.74, 6) is 0.174. The number of hydrogen-bond donors (Lipinski definition) is 0. The van der Waals surface area contributed by atoms with E-state index in [9.17, 15) is 4.79 Å². The lowest BCUT2D eigenvalue weighted by molar-refractivity contribution is -0.142. The first kappa shape index (κ1) is 12.7. The molecule has 0 amide bonds. The van der Waals surface area contributed by atoms with E-state index in [0.717, 1.165) is 38.9 Å². The Morgan fingerprint density at radius 1 is 1.21 bits per heavy atom. The number of ether oxygens (including phenoxy) is 2. The van der Waals surface area contributed by atoms with E-state index >= 15 is 0 Å². The molecule has 1 unspecified atom stereocenters. The lowest BCUT2D eigenvalue weighted by Gasteiger charge is -2.42.